The highest BCUT2D eigenvalue weighted by Gasteiger charge is 2.11. The molecule has 0 saturated heterocycles. The van der Waals surface area contributed by atoms with Gasteiger partial charge >= 0.3 is 6.01 Å². The Hall–Kier alpha value is -1.89. The van der Waals surface area contributed by atoms with E-state index < -0.39 is 0 Å². The van der Waals surface area contributed by atoms with Crippen molar-refractivity contribution in [3.63, 3.8) is 0 Å². The third-order valence-electron chi connectivity index (χ3n) is 2.55. The van der Waals surface area contributed by atoms with Crippen LogP contribution in [-0.2, 0) is 6.54 Å². The monoisotopic (exact) mass is 293 g/mol. The van der Waals surface area contributed by atoms with Crippen LogP contribution >= 0.6 is 11.3 Å². The van der Waals surface area contributed by atoms with E-state index >= 15 is 0 Å². The molecule has 0 aromatic carbocycles. The van der Waals surface area contributed by atoms with E-state index in [0.717, 1.165) is 13.1 Å². The summed E-state index contributed by atoms with van der Waals surface area (Å²) in [6.07, 6.45) is 0. The van der Waals surface area contributed by atoms with Gasteiger partial charge in [-0.2, -0.15) is 26.3 Å². The van der Waals surface area contributed by atoms with E-state index in [2.05, 4.69) is 37.1 Å². The van der Waals surface area contributed by atoms with Crippen molar-refractivity contribution in [3.05, 3.63) is 22.4 Å². The molecule has 2 heterocycles. The maximum atomic E-state index is 5.39. The van der Waals surface area contributed by atoms with Gasteiger partial charge in [0.15, 0.2) is 0 Å². The number of aromatic nitrogens is 3. The first-order chi connectivity index (χ1) is 9.72. The second-order valence-corrected chi connectivity index (χ2v) is 4.97. The fraction of sp³-hybridized carbons (Fsp3) is 0.462. The molecule has 0 aliphatic carbocycles. The lowest BCUT2D eigenvalue weighted by Gasteiger charge is -2.17. The molecule has 0 saturated carbocycles. The van der Waals surface area contributed by atoms with E-state index in [1.165, 1.54) is 5.56 Å². The summed E-state index contributed by atoms with van der Waals surface area (Å²) in [5, 5.41) is 7.27. The molecule has 0 spiro atoms. The predicted octanol–water partition coefficient (Wildman–Crippen LogP) is 2.40. The largest absolute Gasteiger partial charge is 0.464 e. The van der Waals surface area contributed by atoms with E-state index in [1.54, 1.807) is 11.3 Å². The molecule has 20 heavy (non-hydrogen) atoms. The van der Waals surface area contributed by atoms with Crippen LogP contribution in [0.25, 0.3) is 0 Å². The van der Waals surface area contributed by atoms with Crippen molar-refractivity contribution in [2.45, 2.75) is 20.4 Å². The Labute approximate surface area is 122 Å². The highest BCUT2D eigenvalue weighted by atomic mass is 32.1. The fourth-order valence-corrected chi connectivity index (χ4v) is 2.33. The molecule has 0 radical (unpaired) electrons. The van der Waals surface area contributed by atoms with Gasteiger partial charge in [-0.05, 0) is 36.2 Å². The molecule has 0 bridgehead atoms. The van der Waals surface area contributed by atoms with E-state index in [1.807, 2.05) is 25.8 Å². The molecule has 6 nitrogen and oxygen atoms in total. The maximum absolute atomic E-state index is 5.39. The second-order valence-electron chi connectivity index (χ2n) is 4.19. The Kier molecular flexibility index (Phi) is 5.11. The van der Waals surface area contributed by atoms with E-state index in [4.69, 9.17) is 4.74 Å². The van der Waals surface area contributed by atoms with Crippen LogP contribution in [0.15, 0.2) is 16.8 Å². The van der Waals surface area contributed by atoms with Crippen LogP contribution < -0.4 is 15.0 Å². The highest BCUT2D eigenvalue weighted by Crippen LogP contribution is 2.17. The van der Waals surface area contributed by atoms with Crippen LogP contribution in [0, 0.1) is 0 Å². The number of thiophene rings is 1. The lowest BCUT2D eigenvalue weighted by atomic mass is 10.3. The Bertz CT molecular complexity index is 507. The number of hydrogen-bond donors (Lipinski definition) is 1. The number of rotatable bonds is 7. The van der Waals surface area contributed by atoms with Gasteiger partial charge in [0.1, 0.15) is 0 Å². The lowest BCUT2D eigenvalue weighted by molar-refractivity contribution is 0.312. The normalized spacial score (nSPS) is 10.3. The Balaban J connectivity index is 2.19. The summed E-state index contributed by atoms with van der Waals surface area (Å²) in [5.41, 5.74) is 1.24. The molecule has 0 unspecified atom stereocenters. The minimum absolute atomic E-state index is 0.352. The summed E-state index contributed by atoms with van der Waals surface area (Å²) >= 11 is 1.68. The SMILES string of the molecule is CCNc1nc(OCC)nc(N(C)Cc2ccsc2)n1. The molecular formula is C13H19N5OS. The third kappa shape index (κ3) is 3.80. The number of nitrogens with one attached hydrogen (secondary N) is 1. The molecule has 7 heteroatoms. The smallest absolute Gasteiger partial charge is 0.323 e. The molecule has 0 atom stereocenters. The van der Waals surface area contributed by atoms with E-state index in [-0.39, 0.29) is 0 Å². The maximum Gasteiger partial charge on any atom is 0.323 e. The molecule has 2 aromatic heterocycles. The van der Waals surface area contributed by atoms with Gasteiger partial charge in [-0.3, -0.25) is 0 Å². The Morgan fingerprint density at radius 1 is 1.30 bits per heavy atom. The van der Waals surface area contributed by atoms with Gasteiger partial charge in [-0.1, -0.05) is 0 Å². The Morgan fingerprint density at radius 3 is 2.80 bits per heavy atom. The molecule has 2 rings (SSSR count). The van der Waals surface area contributed by atoms with Crippen molar-refractivity contribution in [1.82, 2.24) is 15.0 Å². The van der Waals surface area contributed by atoms with Gasteiger partial charge in [0.05, 0.1) is 6.61 Å². The predicted molar refractivity (Wildman–Crippen MR) is 81.6 cm³/mol. The number of nitrogens with zero attached hydrogens (tertiary/aromatic N) is 4. The first kappa shape index (κ1) is 14.5. The average Bonchev–Trinajstić information content (AvgIpc) is 2.92. The fourth-order valence-electron chi connectivity index (χ4n) is 1.67. The van der Waals surface area contributed by atoms with Crippen molar-refractivity contribution in [1.29, 1.82) is 0 Å². The van der Waals surface area contributed by atoms with Crippen LogP contribution in [0.1, 0.15) is 19.4 Å². The number of hydrogen-bond acceptors (Lipinski definition) is 7. The first-order valence-electron chi connectivity index (χ1n) is 6.57. The summed E-state index contributed by atoms with van der Waals surface area (Å²) in [6, 6.07) is 2.45. The molecule has 2 aromatic rings. The number of anilines is 2. The minimum atomic E-state index is 0.352. The van der Waals surface area contributed by atoms with Crippen LogP contribution in [0.5, 0.6) is 6.01 Å². The van der Waals surface area contributed by atoms with Gasteiger partial charge in [0, 0.05) is 20.1 Å². The third-order valence-corrected chi connectivity index (χ3v) is 3.28. The zero-order valence-corrected chi connectivity index (χ0v) is 12.8. The van der Waals surface area contributed by atoms with Crippen molar-refractivity contribution >= 4 is 23.2 Å². The van der Waals surface area contributed by atoms with E-state index in [0.29, 0.717) is 24.5 Å². The summed E-state index contributed by atoms with van der Waals surface area (Å²) in [5.74, 6) is 1.14. The summed E-state index contributed by atoms with van der Waals surface area (Å²) in [7, 11) is 1.96. The van der Waals surface area contributed by atoms with Gasteiger partial charge in [-0.15, -0.1) is 0 Å². The zero-order valence-electron chi connectivity index (χ0n) is 12.0. The van der Waals surface area contributed by atoms with Gasteiger partial charge in [0.25, 0.3) is 0 Å². The topological polar surface area (TPSA) is 63.2 Å². The number of ether oxygens (including phenoxy) is 1. The first-order valence-corrected chi connectivity index (χ1v) is 7.52. The van der Waals surface area contributed by atoms with Crippen LogP contribution in [0.3, 0.4) is 0 Å². The molecule has 0 fully saturated rings. The summed E-state index contributed by atoms with van der Waals surface area (Å²) in [4.78, 5) is 14.9. The molecule has 108 valence electrons. The Morgan fingerprint density at radius 2 is 2.15 bits per heavy atom. The van der Waals surface area contributed by atoms with Gasteiger partial charge < -0.3 is 15.0 Å². The van der Waals surface area contributed by atoms with Crippen molar-refractivity contribution in [2.75, 3.05) is 30.4 Å². The highest BCUT2D eigenvalue weighted by molar-refractivity contribution is 7.07. The zero-order chi connectivity index (χ0) is 14.4. The van der Waals surface area contributed by atoms with Crippen LogP contribution in [0.4, 0.5) is 11.9 Å². The standard InChI is InChI=1S/C13H19N5OS/c1-4-14-11-15-12(17-13(16-11)19-5-2)18(3)8-10-6-7-20-9-10/h6-7,9H,4-5,8H2,1-3H3,(H,14,15,16,17). The second kappa shape index (κ2) is 7.04. The van der Waals surface area contributed by atoms with Gasteiger partial charge in [-0.25, -0.2) is 0 Å². The molecule has 0 aliphatic heterocycles. The molecular weight excluding hydrogens is 274 g/mol. The molecule has 1 N–H and O–H groups in total. The summed E-state index contributed by atoms with van der Waals surface area (Å²) in [6.45, 7) is 5.95. The van der Waals surface area contributed by atoms with Gasteiger partial charge in [0.2, 0.25) is 11.9 Å². The summed E-state index contributed by atoms with van der Waals surface area (Å²) < 4.78 is 5.39. The lowest BCUT2D eigenvalue weighted by Crippen LogP contribution is -2.20. The van der Waals surface area contributed by atoms with Crippen LogP contribution in [0.2, 0.25) is 0 Å². The quantitative estimate of drug-likeness (QED) is 0.845. The minimum Gasteiger partial charge on any atom is -0.464 e. The van der Waals surface area contributed by atoms with Crippen LogP contribution in [-0.4, -0.2) is 35.2 Å². The molecule has 0 amide bonds. The van der Waals surface area contributed by atoms with Crippen molar-refractivity contribution in [2.24, 2.45) is 0 Å². The average molecular weight is 293 g/mol. The van der Waals surface area contributed by atoms with Crippen molar-refractivity contribution in [3.8, 4) is 6.01 Å². The van der Waals surface area contributed by atoms with E-state index in [9.17, 15) is 0 Å². The molecule has 0 aliphatic rings. The van der Waals surface area contributed by atoms with Crippen molar-refractivity contribution < 1.29 is 4.74 Å².